The Labute approximate surface area is 136 Å². The van der Waals surface area contributed by atoms with E-state index < -0.39 is 0 Å². The van der Waals surface area contributed by atoms with Crippen molar-refractivity contribution >= 4 is 39.4 Å². The summed E-state index contributed by atoms with van der Waals surface area (Å²) in [5.74, 6) is 0.250. The van der Waals surface area contributed by atoms with Crippen LogP contribution in [-0.2, 0) is 12.8 Å². The second-order valence-electron chi connectivity index (χ2n) is 4.89. The van der Waals surface area contributed by atoms with Crippen molar-refractivity contribution in [1.82, 2.24) is 4.98 Å². The van der Waals surface area contributed by atoms with Gasteiger partial charge in [0, 0.05) is 4.88 Å². The number of halogens is 2. The van der Waals surface area contributed by atoms with Crippen molar-refractivity contribution in [2.75, 3.05) is 0 Å². The van der Waals surface area contributed by atoms with Crippen LogP contribution >= 0.6 is 28.3 Å². The van der Waals surface area contributed by atoms with Crippen molar-refractivity contribution < 1.29 is 4.39 Å². The molecule has 1 atom stereocenters. The minimum absolute atomic E-state index is 0. The highest BCUT2D eigenvalue weighted by molar-refractivity contribution is 8.93. The number of nitrogens with two attached hydrogens (primary N) is 2. The summed E-state index contributed by atoms with van der Waals surface area (Å²) >= 11 is 1.53. The van der Waals surface area contributed by atoms with E-state index >= 15 is 0 Å². The number of hydrogen-bond acceptors (Lipinski definition) is 3. The van der Waals surface area contributed by atoms with Gasteiger partial charge in [0.2, 0.25) is 5.13 Å². The summed E-state index contributed by atoms with van der Waals surface area (Å²) in [7, 11) is 0. The van der Waals surface area contributed by atoms with Crippen LogP contribution in [-0.4, -0.2) is 10.9 Å². The fraction of sp³-hybridized carbons (Fsp3) is 0.286. The molecule has 0 unspecified atom stereocenters. The highest BCUT2D eigenvalue weighted by atomic mass is 79.9. The van der Waals surface area contributed by atoms with E-state index in [0.29, 0.717) is 11.0 Å². The Kier molecular flexibility index (Phi) is 4.95. The van der Waals surface area contributed by atoms with Crippen molar-refractivity contribution in [2.24, 2.45) is 16.5 Å². The molecule has 1 aromatic carbocycles. The zero-order valence-corrected chi connectivity index (χ0v) is 13.8. The second kappa shape index (κ2) is 6.53. The number of hydrogen-bond donors (Lipinski definition) is 2. The maximum absolute atomic E-state index is 13.0. The molecule has 0 aliphatic heterocycles. The first-order chi connectivity index (χ1) is 9.61. The third kappa shape index (κ3) is 3.59. The zero-order valence-electron chi connectivity index (χ0n) is 11.3. The van der Waals surface area contributed by atoms with Gasteiger partial charge in [-0.1, -0.05) is 23.5 Å². The molecule has 4 nitrogen and oxygen atoms in total. The Balaban J connectivity index is 0.00000161. The van der Waals surface area contributed by atoms with Gasteiger partial charge in [0.25, 0.3) is 0 Å². The summed E-state index contributed by atoms with van der Waals surface area (Å²) in [5, 5.41) is 0.620. The number of aryl methyl sites for hydroxylation is 1. The molecule has 21 heavy (non-hydrogen) atoms. The minimum atomic E-state index is -0.196. The summed E-state index contributed by atoms with van der Waals surface area (Å²) in [6.07, 6.45) is 2.84. The summed E-state index contributed by atoms with van der Waals surface area (Å²) in [4.78, 5) is 9.68. The van der Waals surface area contributed by atoms with Crippen LogP contribution < -0.4 is 11.5 Å². The van der Waals surface area contributed by atoms with Gasteiger partial charge in [-0.2, -0.15) is 4.99 Å². The van der Waals surface area contributed by atoms with E-state index in [9.17, 15) is 4.39 Å². The van der Waals surface area contributed by atoms with Crippen LogP contribution in [0.2, 0.25) is 0 Å². The Hall–Kier alpha value is -1.47. The zero-order chi connectivity index (χ0) is 14.1. The average molecular weight is 371 g/mol. The first-order valence-electron chi connectivity index (χ1n) is 6.45. The third-order valence-corrected chi connectivity index (χ3v) is 4.51. The van der Waals surface area contributed by atoms with Crippen LogP contribution in [0.5, 0.6) is 0 Å². The molecule has 1 aliphatic rings. The summed E-state index contributed by atoms with van der Waals surface area (Å²) in [5.41, 5.74) is 13.0. The van der Waals surface area contributed by atoms with E-state index in [1.807, 2.05) is 12.1 Å². The molecular formula is C14H16BrFN4S. The quantitative estimate of drug-likeness (QED) is 0.629. The molecule has 0 radical (unpaired) electrons. The molecule has 1 heterocycles. The van der Waals surface area contributed by atoms with Crippen LogP contribution in [0.3, 0.4) is 0 Å². The largest absolute Gasteiger partial charge is 0.370 e. The molecule has 1 aromatic heterocycles. The van der Waals surface area contributed by atoms with Gasteiger partial charge in [-0.25, -0.2) is 9.37 Å². The number of rotatable bonds is 2. The van der Waals surface area contributed by atoms with E-state index in [1.165, 1.54) is 33.9 Å². The molecule has 4 N–H and O–H groups in total. The Morgan fingerprint density at radius 3 is 2.67 bits per heavy atom. The monoisotopic (exact) mass is 370 g/mol. The van der Waals surface area contributed by atoms with Gasteiger partial charge in [0.15, 0.2) is 5.96 Å². The molecule has 0 fully saturated rings. The van der Waals surface area contributed by atoms with Gasteiger partial charge in [-0.3, -0.25) is 0 Å². The fourth-order valence-electron chi connectivity index (χ4n) is 2.54. The molecule has 1 aliphatic carbocycles. The molecule has 112 valence electrons. The highest BCUT2D eigenvalue weighted by Gasteiger charge is 2.23. The predicted molar refractivity (Wildman–Crippen MR) is 89.1 cm³/mol. The Morgan fingerprint density at radius 2 is 2.00 bits per heavy atom. The van der Waals surface area contributed by atoms with E-state index in [1.54, 1.807) is 0 Å². The van der Waals surface area contributed by atoms with Gasteiger partial charge in [0.1, 0.15) is 5.82 Å². The van der Waals surface area contributed by atoms with Crippen LogP contribution in [0.1, 0.15) is 28.5 Å². The number of benzene rings is 1. The number of fused-ring (bicyclic) bond motifs is 1. The predicted octanol–water partition coefficient (Wildman–Crippen LogP) is 3.04. The summed E-state index contributed by atoms with van der Waals surface area (Å²) in [6, 6.07) is 6.76. The maximum Gasteiger partial charge on any atom is 0.212 e. The SMILES string of the molecule is Br.NC(N)=Nc1nc2c(s1)C[C@H](c1ccc(F)cc1)CC2. The van der Waals surface area contributed by atoms with E-state index in [-0.39, 0.29) is 28.8 Å². The first-order valence-corrected chi connectivity index (χ1v) is 7.27. The molecule has 2 aromatic rings. The number of aliphatic imine (C=N–C) groups is 1. The standard InChI is InChI=1S/C14H15FN4S.BrH/c15-10-4-1-8(2-5-10)9-3-6-11-12(7-9)20-14(18-11)19-13(16)17;/h1-2,4-5,9H,3,6-7H2,(H4,16,17,18,19);1H/t9-;/m1./s1. The van der Waals surface area contributed by atoms with Crippen molar-refractivity contribution in [1.29, 1.82) is 0 Å². The molecule has 7 heteroatoms. The normalized spacial score (nSPS) is 16.7. The summed E-state index contributed by atoms with van der Waals surface area (Å²) < 4.78 is 13.0. The highest BCUT2D eigenvalue weighted by Crippen LogP contribution is 2.37. The molecule has 0 bridgehead atoms. The average Bonchev–Trinajstić information content (AvgIpc) is 2.79. The Bertz CT molecular complexity index is 649. The van der Waals surface area contributed by atoms with Gasteiger partial charge >= 0.3 is 0 Å². The van der Waals surface area contributed by atoms with Gasteiger partial charge < -0.3 is 11.5 Å². The number of guanidine groups is 1. The molecule has 0 saturated carbocycles. The lowest BCUT2D eigenvalue weighted by atomic mass is 9.85. The fourth-order valence-corrected chi connectivity index (χ4v) is 3.62. The van der Waals surface area contributed by atoms with Crippen molar-refractivity contribution in [2.45, 2.75) is 25.2 Å². The minimum Gasteiger partial charge on any atom is -0.370 e. The van der Waals surface area contributed by atoms with Crippen LogP contribution in [0.15, 0.2) is 29.3 Å². The molecule has 0 amide bonds. The van der Waals surface area contributed by atoms with E-state index in [4.69, 9.17) is 11.5 Å². The van der Waals surface area contributed by atoms with E-state index in [2.05, 4.69) is 9.98 Å². The van der Waals surface area contributed by atoms with E-state index in [0.717, 1.165) is 25.0 Å². The van der Waals surface area contributed by atoms with Crippen molar-refractivity contribution in [3.63, 3.8) is 0 Å². The van der Waals surface area contributed by atoms with Gasteiger partial charge in [-0.15, -0.1) is 17.0 Å². The number of aromatic nitrogens is 1. The number of thiazole rings is 1. The number of nitrogens with zero attached hydrogens (tertiary/aromatic N) is 2. The van der Waals surface area contributed by atoms with Crippen molar-refractivity contribution in [3.8, 4) is 0 Å². The topological polar surface area (TPSA) is 77.3 Å². The lowest BCUT2D eigenvalue weighted by Crippen LogP contribution is -2.21. The Morgan fingerprint density at radius 1 is 1.29 bits per heavy atom. The maximum atomic E-state index is 13.0. The van der Waals surface area contributed by atoms with Crippen LogP contribution in [0.4, 0.5) is 9.52 Å². The summed E-state index contributed by atoms with van der Waals surface area (Å²) in [6.45, 7) is 0. The second-order valence-corrected chi connectivity index (χ2v) is 5.96. The first kappa shape index (κ1) is 15.9. The van der Waals surface area contributed by atoms with Gasteiger partial charge in [-0.05, 0) is 42.9 Å². The molecular weight excluding hydrogens is 355 g/mol. The molecule has 3 rings (SSSR count). The molecule has 0 spiro atoms. The lowest BCUT2D eigenvalue weighted by Gasteiger charge is -2.21. The van der Waals surface area contributed by atoms with Crippen LogP contribution in [0, 0.1) is 5.82 Å². The van der Waals surface area contributed by atoms with Crippen LogP contribution in [0.25, 0.3) is 0 Å². The van der Waals surface area contributed by atoms with Crippen molar-refractivity contribution in [3.05, 3.63) is 46.2 Å². The smallest absolute Gasteiger partial charge is 0.212 e. The van der Waals surface area contributed by atoms with Gasteiger partial charge in [0.05, 0.1) is 5.69 Å². The lowest BCUT2D eigenvalue weighted by molar-refractivity contribution is 0.580. The molecule has 0 saturated heterocycles. The third-order valence-electron chi connectivity index (χ3n) is 3.49.